The molecule has 1 aliphatic carbocycles. The quantitative estimate of drug-likeness (QED) is 0.552. The molecule has 1 aromatic heterocycles. The first-order valence-electron chi connectivity index (χ1n) is 10.2. The summed E-state index contributed by atoms with van der Waals surface area (Å²) in [5, 5.41) is 7.34. The third kappa shape index (κ3) is 3.92. The van der Waals surface area contributed by atoms with E-state index in [-0.39, 0.29) is 5.91 Å². The lowest BCUT2D eigenvalue weighted by Gasteiger charge is -2.12. The highest BCUT2D eigenvalue weighted by atomic mass is 19.2. The average molecular weight is 411 g/mol. The molecule has 30 heavy (non-hydrogen) atoms. The second-order valence-corrected chi connectivity index (χ2v) is 7.29. The van der Waals surface area contributed by atoms with E-state index in [0.717, 1.165) is 55.5 Å². The Bertz CT molecular complexity index is 1080. The molecule has 0 saturated heterocycles. The molecule has 1 heterocycles. The Labute approximate surface area is 173 Å². The van der Waals surface area contributed by atoms with Crippen LogP contribution in [0.2, 0.25) is 0 Å². The number of aromatic nitrogens is 2. The van der Waals surface area contributed by atoms with Crippen LogP contribution >= 0.6 is 0 Å². The fourth-order valence-corrected chi connectivity index (χ4v) is 3.65. The summed E-state index contributed by atoms with van der Waals surface area (Å²) < 4.78 is 34.4. The van der Waals surface area contributed by atoms with Gasteiger partial charge in [0, 0.05) is 17.3 Å². The fraction of sp³-hybridized carbons (Fsp3) is 0.304. The van der Waals surface area contributed by atoms with Gasteiger partial charge in [0.1, 0.15) is 5.75 Å². The number of nitrogens with one attached hydrogen (secondary N) is 1. The van der Waals surface area contributed by atoms with Crippen LogP contribution in [0.1, 0.15) is 47.9 Å². The van der Waals surface area contributed by atoms with Crippen LogP contribution in [0, 0.1) is 11.6 Å². The van der Waals surface area contributed by atoms with Crippen molar-refractivity contribution in [1.29, 1.82) is 0 Å². The van der Waals surface area contributed by atoms with E-state index in [0.29, 0.717) is 29.4 Å². The van der Waals surface area contributed by atoms with Gasteiger partial charge in [-0.05, 0) is 49.9 Å². The Balaban J connectivity index is 1.62. The van der Waals surface area contributed by atoms with E-state index >= 15 is 0 Å². The van der Waals surface area contributed by atoms with Gasteiger partial charge in [-0.3, -0.25) is 4.79 Å². The predicted molar refractivity (Wildman–Crippen MR) is 110 cm³/mol. The maximum atomic E-state index is 13.7. The number of hydrogen-bond acceptors (Lipinski definition) is 3. The van der Waals surface area contributed by atoms with Crippen molar-refractivity contribution in [3.8, 4) is 11.4 Å². The van der Waals surface area contributed by atoms with Crippen molar-refractivity contribution >= 4 is 11.6 Å². The standard InChI is InChI=1S/C23H23F2N3O2/c1-2-3-13-30-21-10-5-4-8-19(21)26-23(29)22-16-7-6-9-20(16)28(27-22)15-11-12-17(24)18(25)14-15/h4-5,8,10-12,14H,2-3,6-7,9,13H2,1H3,(H,26,29). The van der Waals surface area contributed by atoms with Crippen molar-refractivity contribution in [1.82, 2.24) is 9.78 Å². The first kappa shape index (κ1) is 20.1. The van der Waals surface area contributed by atoms with Crippen molar-refractivity contribution in [2.75, 3.05) is 11.9 Å². The van der Waals surface area contributed by atoms with Crippen molar-refractivity contribution in [2.24, 2.45) is 0 Å². The number of fused-ring (bicyclic) bond motifs is 1. The number of unbranched alkanes of at least 4 members (excludes halogenated alkanes) is 1. The summed E-state index contributed by atoms with van der Waals surface area (Å²) in [5.74, 6) is -1.60. The van der Waals surface area contributed by atoms with Crippen molar-refractivity contribution < 1.29 is 18.3 Å². The SMILES string of the molecule is CCCCOc1ccccc1NC(=O)c1nn(-c2ccc(F)c(F)c2)c2c1CCC2. The van der Waals surface area contributed by atoms with E-state index < -0.39 is 11.6 Å². The number of rotatable bonds is 7. The molecule has 0 unspecified atom stereocenters. The summed E-state index contributed by atoms with van der Waals surface area (Å²) in [7, 11) is 0. The summed E-state index contributed by atoms with van der Waals surface area (Å²) in [6.45, 7) is 2.66. The normalized spacial score (nSPS) is 12.6. The number of carbonyl (C=O) groups excluding carboxylic acids is 1. The number of hydrogen-bond donors (Lipinski definition) is 1. The van der Waals surface area contributed by atoms with Gasteiger partial charge in [-0.2, -0.15) is 5.10 Å². The summed E-state index contributed by atoms with van der Waals surface area (Å²) in [5.41, 5.74) is 2.98. The molecular weight excluding hydrogens is 388 g/mol. The lowest BCUT2D eigenvalue weighted by atomic mass is 10.2. The number of para-hydroxylation sites is 2. The van der Waals surface area contributed by atoms with Gasteiger partial charge in [0.25, 0.3) is 5.91 Å². The third-order valence-electron chi connectivity index (χ3n) is 5.18. The van der Waals surface area contributed by atoms with Crippen LogP contribution < -0.4 is 10.1 Å². The minimum atomic E-state index is -0.945. The number of halogens is 2. The third-order valence-corrected chi connectivity index (χ3v) is 5.18. The van der Waals surface area contributed by atoms with E-state index in [1.165, 1.54) is 6.07 Å². The molecule has 0 saturated carbocycles. The number of ether oxygens (including phenoxy) is 1. The second kappa shape index (κ2) is 8.65. The van der Waals surface area contributed by atoms with Gasteiger partial charge in [-0.25, -0.2) is 13.5 Å². The number of anilines is 1. The monoisotopic (exact) mass is 411 g/mol. The maximum absolute atomic E-state index is 13.7. The highest BCUT2D eigenvalue weighted by Gasteiger charge is 2.27. The van der Waals surface area contributed by atoms with E-state index in [4.69, 9.17) is 4.74 Å². The molecule has 1 aliphatic rings. The van der Waals surface area contributed by atoms with Gasteiger partial charge in [-0.1, -0.05) is 25.5 Å². The van der Waals surface area contributed by atoms with Crippen LogP contribution in [-0.2, 0) is 12.8 Å². The summed E-state index contributed by atoms with van der Waals surface area (Å²) in [6, 6.07) is 10.9. The molecule has 0 radical (unpaired) electrons. The molecule has 7 heteroatoms. The molecule has 1 amide bonds. The van der Waals surface area contributed by atoms with Gasteiger partial charge in [0.05, 0.1) is 18.0 Å². The first-order chi connectivity index (χ1) is 14.6. The lowest BCUT2D eigenvalue weighted by molar-refractivity contribution is 0.102. The summed E-state index contributed by atoms with van der Waals surface area (Å²) in [4.78, 5) is 13.0. The molecule has 4 rings (SSSR count). The van der Waals surface area contributed by atoms with Crippen molar-refractivity contribution in [2.45, 2.75) is 39.0 Å². The average Bonchev–Trinajstić information content (AvgIpc) is 3.34. The molecule has 5 nitrogen and oxygen atoms in total. The van der Waals surface area contributed by atoms with Crippen molar-refractivity contribution in [3.05, 3.63) is 71.1 Å². The minimum Gasteiger partial charge on any atom is -0.491 e. The second-order valence-electron chi connectivity index (χ2n) is 7.29. The maximum Gasteiger partial charge on any atom is 0.276 e. The van der Waals surface area contributed by atoms with Crippen LogP contribution in [0.4, 0.5) is 14.5 Å². The molecular formula is C23H23F2N3O2. The number of carbonyl (C=O) groups is 1. The molecule has 0 aliphatic heterocycles. The van der Waals surface area contributed by atoms with E-state index in [1.807, 2.05) is 18.2 Å². The fourth-order valence-electron chi connectivity index (χ4n) is 3.65. The molecule has 156 valence electrons. The van der Waals surface area contributed by atoms with Crippen LogP contribution in [0.15, 0.2) is 42.5 Å². The summed E-state index contributed by atoms with van der Waals surface area (Å²) >= 11 is 0. The van der Waals surface area contributed by atoms with Gasteiger partial charge in [-0.15, -0.1) is 0 Å². The highest BCUT2D eigenvalue weighted by molar-refractivity contribution is 6.05. The van der Waals surface area contributed by atoms with Gasteiger partial charge < -0.3 is 10.1 Å². The van der Waals surface area contributed by atoms with Gasteiger partial charge in [0.15, 0.2) is 17.3 Å². The lowest BCUT2D eigenvalue weighted by Crippen LogP contribution is -2.16. The zero-order valence-corrected chi connectivity index (χ0v) is 16.8. The largest absolute Gasteiger partial charge is 0.491 e. The summed E-state index contributed by atoms with van der Waals surface area (Å²) in [6.07, 6.45) is 4.27. The van der Waals surface area contributed by atoms with Gasteiger partial charge in [0.2, 0.25) is 0 Å². The first-order valence-corrected chi connectivity index (χ1v) is 10.2. The van der Waals surface area contributed by atoms with Crippen LogP contribution in [0.3, 0.4) is 0 Å². The highest BCUT2D eigenvalue weighted by Crippen LogP contribution is 2.30. The predicted octanol–water partition coefficient (Wildman–Crippen LogP) is 5.07. The van der Waals surface area contributed by atoms with E-state index in [2.05, 4.69) is 17.3 Å². The van der Waals surface area contributed by atoms with E-state index in [1.54, 1.807) is 10.7 Å². The van der Waals surface area contributed by atoms with E-state index in [9.17, 15) is 13.6 Å². The number of nitrogens with zero attached hydrogens (tertiary/aromatic N) is 2. The zero-order valence-electron chi connectivity index (χ0n) is 16.8. The Kier molecular flexibility index (Phi) is 5.79. The topological polar surface area (TPSA) is 56.1 Å². The zero-order chi connectivity index (χ0) is 21.1. The molecule has 0 fully saturated rings. The van der Waals surface area contributed by atoms with Crippen molar-refractivity contribution in [3.63, 3.8) is 0 Å². The molecule has 2 aromatic carbocycles. The smallest absolute Gasteiger partial charge is 0.276 e. The molecule has 3 aromatic rings. The Morgan fingerprint density at radius 2 is 2.00 bits per heavy atom. The van der Waals surface area contributed by atoms with Crippen LogP contribution in [0.25, 0.3) is 5.69 Å². The molecule has 0 spiro atoms. The molecule has 0 bridgehead atoms. The van der Waals surface area contributed by atoms with Gasteiger partial charge >= 0.3 is 0 Å². The number of amides is 1. The van der Waals surface area contributed by atoms with Crippen LogP contribution in [-0.4, -0.2) is 22.3 Å². The Hall–Kier alpha value is -3.22. The minimum absolute atomic E-state index is 0.301. The molecule has 1 N–H and O–H groups in total. The Morgan fingerprint density at radius 3 is 2.80 bits per heavy atom. The molecule has 0 atom stereocenters. The Morgan fingerprint density at radius 1 is 1.17 bits per heavy atom. The number of benzene rings is 2. The van der Waals surface area contributed by atoms with Crippen LogP contribution in [0.5, 0.6) is 5.75 Å².